The summed E-state index contributed by atoms with van der Waals surface area (Å²) in [6.45, 7) is 5.22. The van der Waals surface area contributed by atoms with Crippen molar-refractivity contribution in [1.29, 1.82) is 0 Å². The minimum Gasteiger partial charge on any atom is -0.298 e. The van der Waals surface area contributed by atoms with Gasteiger partial charge in [0.25, 0.3) is 5.91 Å². The standard InChI is InChI=1S/C16H18FN3O4S2/c1-4-20(5-2)26(23,24)11-6-7-13(17)12(8-11)15(22)19-16-18-14(9-25-16)10(3)21/h6-9H,4-5H2,1-3H3,(H,18,19,22). The molecule has 0 aliphatic carbocycles. The summed E-state index contributed by atoms with van der Waals surface area (Å²) in [7, 11) is -3.82. The number of sulfonamides is 1. The highest BCUT2D eigenvalue weighted by atomic mass is 32.2. The summed E-state index contributed by atoms with van der Waals surface area (Å²) in [4.78, 5) is 27.3. The summed E-state index contributed by atoms with van der Waals surface area (Å²) >= 11 is 1.02. The molecule has 0 aliphatic heterocycles. The third-order valence-electron chi connectivity index (χ3n) is 3.61. The van der Waals surface area contributed by atoms with Crippen LogP contribution in [-0.2, 0) is 10.0 Å². The second-order valence-corrected chi connectivity index (χ2v) is 8.08. The molecule has 140 valence electrons. The van der Waals surface area contributed by atoms with Crippen LogP contribution in [0.3, 0.4) is 0 Å². The number of halogens is 1. The van der Waals surface area contributed by atoms with Crippen LogP contribution in [0.25, 0.3) is 0 Å². The minimum atomic E-state index is -3.82. The second-order valence-electron chi connectivity index (χ2n) is 5.28. The van der Waals surface area contributed by atoms with Gasteiger partial charge in [0.15, 0.2) is 10.9 Å². The van der Waals surface area contributed by atoms with Crippen LogP contribution in [0.5, 0.6) is 0 Å². The molecule has 1 N–H and O–H groups in total. The number of benzene rings is 1. The molecule has 0 bridgehead atoms. The third kappa shape index (κ3) is 4.14. The molecule has 1 heterocycles. The van der Waals surface area contributed by atoms with Gasteiger partial charge < -0.3 is 0 Å². The molecule has 2 aromatic rings. The number of aromatic nitrogens is 1. The van der Waals surface area contributed by atoms with Gasteiger partial charge in [0.05, 0.1) is 10.5 Å². The number of anilines is 1. The number of Topliss-reactive ketones (excluding diaryl/α,β-unsaturated/α-hetero) is 1. The Morgan fingerprint density at radius 3 is 2.46 bits per heavy atom. The van der Waals surface area contributed by atoms with Crippen LogP contribution >= 0.6 is 11.3 Å². The number of thiazole rings is 1. The number of nitrogens with one attached hydrogen (secondary N) is 1. The zero-order valence-corrected chi connectivity index (χ0v) is 16.1. The van der Waals surface area contributed by atoms with Crippen molar-refractivity contribution in [3.63, 3.8) is 0 Å². The molecule has 0 saturated heterocycles. The highest BCUT2D eigenvalue weighted by molar-refractivity contribution is 7.89. The van der Waals surface area contributed by atoms with Crippen LogP contribution in [0.4, 0.5) is 9.52 Å². The van der Waals surface area contributed by atoms with E-state index >= 15 is 0 Å². The minimum absolute atomic E-state index is 0.122. The van der Waals surface area contributed by atoms with Crippen LogP contribution in [0.1, 0.15) is 41.6 Å². The predicted molar refractivity (Wildman–Crippen MR) is 96.6 cm³/mol. The van der Waals surface area contributed by atoms with Crippen LogP contribution in [0.15, 0.2) is 28.5 Å². The van der Waals surface area contributed by atoms with E-state index in [0.717, 1.165) is 29.5 Å². The summed E-state index contributed by atoms with van der Waals surface area (Å²) in [5.41, 5.74) is -0.235. The van der Waals surface area contributed by atoms with Gasteiger partial charge >= 0.3 is 0 Å². The quantitative estimate of drug-likeness (QED) is 0.722. The maximum absolute atomic E-state index is 14.1. The maximum atomic E-state index is 14.1. The molecule has 26 heavy (non-hydrogen) atoms. The molecule has 0 radical (unpaired) electrons. The summed E-state index contributed by atoms with van der Waals surface area (Å²) < 4.78 is 40.4. The lowest BCUT2D eigenvalue weighted by atomic mass is 10.2. The van der Waals surface area contributed by atoms with Gasteiger partial charge in [0.1, 0.15) is 11.5 Å². The van der Waals surface area contributed by atoms with E-state index in [1.54, 1.807) is 13.8 Å². The molecule has 1 aromatic carbocycles. The first-order chi connectivity index (χ1) is 12.2. The van der Waals surface area contributed by atoms with Crippen molar-refractivity contribution in [2.24, 2.45) is 0 Å². The Morgan fingerprint density at radius 1 is 1.27 bits per heavy atom. The first kappa shape index (κ1) is 20.1. The van der Waals surface area contributed by atoms with Gasteiger partial charge in [-0.3, -0.25) is 14.9 Å². The van der Waals surface area contributed by atoms with Crippen molar-refractivity contribution in [1.82, 2.24) is 9.29 Å². The number of carbonyl (C=O) groups is 2. The fourth-order valence-corrected chi connectivity index (χ4v) is 4.44. The van der Waals surface area contributed by atoms with Gasteiger partial charge in [-0.2, -0.15) is 4.31 Å². The Labute approximate surface area is 154 Å². The third-order valence-corrected chi connectivity index (χ3v) is 6.41. The first-order valence-electron chi connectivity index (χ1n) is 7.78. The molecule has 1 amide bonds. The van der Waals surface area contributed by atoms with Crippen molar-refractivity contribution in [3.8, 4) is 0 Å². The predicted octanol–water partition coefficient (Wildman–Crippen LogP) is 2.77. The van der Waals surface area contributed by atoms with Crippen molar-refractivity contribution < 1.29 is 22.4 Å². The normalized spacial score (nSPS) is 11.6. The summed E-state index contributed by atoms with van der Waals surface area (Å²) in [6.07, 6.45) is 0. The molecule has 2 rings (SSSR count). The van der Waals surface area contributed by atoms with Crippen molar-refractivity contribution in [2.75, 3.05) is 18.4 Å². The van der Waals surface area contributed by atoms with Crippen molar-refractivity contribution in [3.05, 3.63) is 40.7 Å². The average Bonchev–Trinajstić information content (AvgIpc) is 3.04. The first-order valence-corrected chi connectivity index (χ1v) is 10.1. The van der Waals surface area contributed by atoms with Crippen LogP contribution in [-0.4, -0.2) is 42.5 Å². The largest absolute Gasteiger partial charge is 0.298 e. The fraction of sp³-hybridized carbons (Fsp3) is 0.312. The molecule has 7 nitrogen and oxygen atoms in total. The number of hydrogen-bond donors (Lipinski definition) is 1. The van der Waals surface area contributed by atoms with E-state index in [2.05, 4.69) is 10.3 Å². The Balaban J connectivity index is 2.34. The van der Waals surface area contributed by atoms with Gasteiger partial charge in [0.2, 0.25) is 10.0 Å². The van der Waals surface area contributed by atoms with Crippen LogP contribution < -0.4 is 5.32 Å². The molecule has 0 atom stereocenters. The smallest absolute Gasteiger partial charge is 0.260 e. The lowest BCUT2D eigenvalue weighted by Gasteiger charge is -2.18. The molecule has 0 saturated carbocycles. The van der Waals surface area contributed by atoms with Crippen molar-refractivity contribution in [2.45, 2.75) is 25.7 Å². The zero-order valence-electron chi connectivity index (χ0n) is 14.4. The number of rotatable bonds is 7. The monoisotopic (exact) mass is 399 g/mol. The second kappa shape index (κ2) is 8.02. The van der Waals surface area contributed by atoms with Gasteiger partial charge in [0, 0.05) is 25.4 Å². The molecule has 1 aromatic heterocycles. The molecular formula is C16H18FN3O4S2. The lowest BCUT2D eigenvalue weighted by Crippen LogP contribution is -2.31. The van der Waals surface area contributed by atoms with Gasteiger partial charge in [-0.05, 0) is 18.2 Å². The molecular weight excluding hydrogens is 381 g/mol. The number of carbonyl (C=O) groups excluding carboxylic acids is 2. The zero-order chi connectivity index (χ0) is 19.5. The van der Waals surface area contributed by atoms with Crippen molar-refractivity contribution >= 4 is 38.2 Å². The Kier molecular flexibility index (Phi) is 6.21. The summed E-state index contributed by atoms with van der Waals surface area (Å²) in [5, 5.41) is 3.97. The van der Waals surface area contributed by atoms with Gasteiger partial charge in [-0.15, -0.1) is 11.3 Å². The number of amides is 1. The Morgan fingerprint density at radius 2 is 1.92 bits per heavy atom. The molecule has 0 spiro atoms. The van der Waals surface area contributed by atoms with E-state index in [1.807, 2.05) is 0 Å². The summed E-state index contributed by atoms with van der Waals surface area (Å²) in [6, 6.07) is 3.06. The topological polar surface area (TPSA) is 96.4 Å². The van der Waals surface area contributed by atoms with E-state index < -0.39 is 27.3 Å². The van der Waals surface area contributed by atoms with Crippen LogP contribution in [0.2, 0.25) is 0 Å². The number of nitrogens with zero attached hydrogens (tertiary/aromatic N) is 2. The van der Waals surface area contributed by atoms with Gasteiger partial charge in [-0.1, -0.05) is 13.8 Å². The number of hydrogen-bond acceptors (Lipinski definition) is 6. The van der Waals surface area contributed by atoms with E-state index in [1.165, 1.54) is 16.6 Å². The number of ketones is 1. The lowest BCUT2D eigenvalue weighted by molar-refractivity contribution is 0.100. The SMILES string of the molecule is CCN(CC)S(=O)(=O)c1ccc(F)c(C(=O)Nc2nc(C(C)=O)cs2)c1. The Hall–Kier alpha value is -2.17. The van der Waals surface area contributed by atoms with Gasteiger partial charge in [-0.25, -0.2) is 17.8 Å². The fourth-order valence-electron chi connectivity index (χ4n) is 2.21. The highest BCUT2D eigenvalue weighted by Gasteiger charge is 2.24. The molecule has 0 fully saturated rings. The van der Waals surface area contributed by atoms with E-state index in [-0.39, 0.29) is 34.6 Å². The highest BCUT2D eigenvalue weighted by Crippen LogP contribution is 2.21. The molecule has 0 unspecified atom stereocenters. The van der Waals surface area contributed by atoms with Crippen LogP contribution in [0, 0.1) is 5.82 Å². The molecule has 0 aliphatic rings. The van der Waals surface area contributed by atoms with E-state index in [0.29, 0.717) is 0 Å². The molecule has 10 heteroatoms. The average molecular weight is 399 g/mol. The van der Waals surface area contributed by atoms with E-state index in [9.17, 15) is 22.4 Å². The maximum Gasteiger partial charge on any atom is 0.260 e. The Bertz CT molecular complexity index is 937. The van der Waals surface area contributed by atoms with E-state index in [4.69, 9.17) is 0 Å². The summed E-state index contributed by atoms with van der Waals surface area (Å²) in [5.74, 6) is -1.96.